The minimum absolute atomic E-state index is 0.239. The lowest BCUT2D eigenvalue weighted by atomic mass is 10.1. The van der Waals surface area contributed by atoms with Crippen LogP contribution in [0, 0.1) is 21.9 Å². The molecule has 0 radical (unpaired) electrons. The number of rotatable bonds is 4. The number of nitrogens with zero attached hydrogens (tertiary/aromatic N) is 3. The van der Waals surface area contributed by atoms with Crippen LogP contribution in [0.5, 0.6) is 0 Å². The van der Waals surface area contributed by atoms with Gasteiger partial charge in [-0.15, -0.1) is 0 Å². The highest BCUT2D eigenvalue weighted by Gasteiger charge is 2.34. The molecule has 13 heteroatoms. The quantitative estimate of drug-likeness (QED) is 0.587. The van der Waals surface area contributed by atoms with Crippen molar-refractivity contribution in [2.75, 3.05) is 10.5 Å². The van der Waals surface area contributed by atoms with Gasteiger partial charge in [0.05, 0.1) is 22.7 Å². The number of aromatic nitrogens is 2. The van der Waals surface area contributed by atoms with Gasteiger partial charge in [0.1, 0.15) is 17.6 Å². The monoisotopic (exact) mass is 436 g/mol. The number of alkyl halides is 3. The zero-order chi connectivity index (χ0) is 21.4. The predicted octanol–water partition coefficient (Wildman–Crippen LogP) is 2.70. The number of hydrogen-bond acceptors (Lipinski definition) is 5. The van der Waals surface area contributed by atoms with Crippen molar-refractivity contribution in [2.45, 2.75) is 13.1 Å². The normalized spacial score (nSPS) is 11.9. The molecule has 0 atom stereocenters. The second-order valence-corrected chi connectivity index (χ2v) is 7.89. The molecule has 7 nitrogen and oxygen atoms in total. The van der Waals surface area contributed by atoms with E-state index in [0.29, 0.717) is 15.2 Å². The van der Waals surface area contributed by atoms with E-state index in [0.717, 1.165) is 13.1 Å². The standard InChI is InChI=1S/C15H12F4N4O3S2/c1-3-28(25,26)21-10-5-11(9(16)4-8(10)7-20)23-13(24)6-12(15(17,18)19)22(2)14(23)27/h4-6,21H,3H2,1-2H3. The van der Waals surface area contributed by atoms with E-state index in [1.807, 2.05) is 0 Å². The molecule has 0 aliphatic heterocycles. The van der Waals surface area contributed by atoms with Crippen molar-refractivity contribution < 1.29 is 26.0 Å². The summed E-state index contributed by atoms with van der Waals surface area (Å²) in [5.41, 5.74) is -3.94. The van der Waals surface area contributed by atoms with Crippen molar-refractivity contribution in [3.05, 3.63) is 50.4 Å². The zero-order valence-electron chi connectivity index (χ0n) is 14.3. The van der Waals surface area contributed by atoms with Crippen molar-refractivity contribution in [2.24, 2.45) is 7.05 Å². The molecule has 0 unspecified atom stereocenters. The molecule has 0 spiro atoms. The van der Waals surface area contributed by atoms with E-state index in [4.69, 9.17) is 17.5 Å². The van der Waals surface area contributed by atoms with Gasteiger partial charge >= 0.3 is 6.18 Å². The molecule has 1 aromatic carbocycles. The molecule has 150 valence electrons. The van der Waals surface area contributed by atoms with Gasteiger partial charge in [0.25, 0.3) is 5.56 Å². The molecule has 1 N–H and O–H groups in total. The predicted molar refractivity (Wildman–Crippen MR) is 94.6 cm³/mol. The van der Waals surface area contributed by atoms with Crippen molar-refractivity contribution in [1.82, 2.24) is 9.13 Å². The number of anilines is 1. The van der Waals surface area contributed by atoms with Gasteiger partial charge in [0.15, 0.2) is 4.77 Å². The Hall–Kier alpha value is -2.72. The van der Waals surface area contributed by atoms with E-state index in [9.17, 15) is 30.8 Å². The molecule has 0 saturated heterocycles. The molecule has 0 bridgehead atoms. The van der Waals surface area contributed by atoms with Crippen molar-refractivity contribution in [1.29, 1.82) is 5.26 Å². The van der Waals surface area contributed by atoms with Gasteiger partial charge in [0.2, 0.25) is 10.0 Å². The van der Waals surface area contributed by atoms with E-state index in [2.05, 4.69) is 4.72 Å². The fourth-order valence-corrected chi connectivity index (χ4v) is 3.20. The molecule has 0 aliphatic carbocycles. The summed E-state index contributed by atoms with van der Waals surface area (Å²) in [6.07, 6.45) is -4.87. The lowest BCUT2D eigenvalue weighted by Crippen LogP contribution is -2.28. The molecule has 28 heavy (non-hydrogen) atoms. The summed E-state index contributed by atoms with van der Waals surface area (Å²) in [5, 5.41) is 9.08. The van der Waals surface area contributed by atoms with Crippen LogP contribution in [-0.4, -0.2) is 23.3 Å². The zero-order valence-corrected chi connectivity index (χ0v) is 16.0. The Kier molecular flexibility index (Phi) is 5.67. The maximum atomic E-state index is 14.5. The Labute approximate surface area is 161 Å². The van der Waals surface area contributed by atoms with Crippen LogP contribution >= 0.6 is 12.2 Å². The Morgan fingerprint density at radius 2 is 1.89 bits per heavy atom. The molecular formula is C15H12F4N4O3S2. The Bertz CT molecular complexity index is 1210. The van der Waals surface area contributed by atoms with Gasteiger partial charge in [-0.2, -0.15) is 18.4 Å². The van der Waals surface area contributed by atoms with Gasteiger partial charge in [-0.25, -0.2) is 12.8 Å². The first-order valence-corrected chi connectivity index (χ1v) is 9.53. The smallest absolute Gasteiger partial charge is 0.317 e. The van der Waals surface area contributed by atoms with Gasteiger partial charge in [-0.05, 0) is 31.3 Å². The minimum Gasteiger partial charge on any atom is -0.317 e. The number of nitriles is 1. The molecule has 2 aromatic rings. The highest BCUT2D eigenvalue weighted by molar-refractivity contribution is 7.92. The van der Waals surface area contributed by atoms with E-state index in [1.165, 1.54) is 6.92 Å². The third-order valence-corrected chi connectivity index (χ3v) is 5.45. The van der Waals surface area contributed by atoms with Crippen LogP contribution in [-0.2, 0) is 23.2 Å². The van der Waals surface area contributed by atoms with Crippen LogP contribution in [0.25, 0.3) is 5.69 Å². The SMILES string of the molecule is CCS(=O)(=O)Nc1cc(-n2c(=O)cc(C(F)(F)F)n(C)c2=S)c(F)cc1C#N. The van der Waals surface area contributed by atoms with Crippen LogP contribution in [0.4, 0.5) is 23.2 Å². The Morgan fingerprint density at radius 1 is 1.29 bits per heavy atom. The van der Waals surface area contributed by atoms with Gasteiger partial charge in [-0.1, -0.05) is 0 Å². The minimum atomic E-state index is -4.87. The van der Waals surface area contributed by atoms with Crippen LogP contribution in [0.15, 0.2) is 23.0 Å². The fraction of sp³-hybridized carbons (Fsp3) is 0.267. The number of nitrogens with one attached hydrogen (secondary N) is 1. The lowest BCUT2D eigenvalue weighted by Gasteiger charge is -2.17. The highest BCUT2D eigenvalue weighted by atomic mass is 32.2. The Morgan fingerprint density at radius 3 is 2.39 bits per heavy atom. The van der Waals surface area contributed by atoms with Crippen molar-refractivity contribution in [3.8, 4) is 11.8 Å². The molecule has 1 aromatic heterocycles. The van der Waals surface area contributed by atoms with Crippen LogP contribution in [0.2, 0.25) is 0 Å². The molecule has 2 rings (SSSR count). The van der Waals surface area contributed by atoms with Crippen LogP contribution < -0.4 is 10.3 Å². The first kappa shape index (κ1) is 21.6. The first-order chi connectivity index (χ1) is 12.8. The third kappa shape index (κ3) is 4.07. The maximum absolute atomic E-state index is 14.5. The summed E-state index contributed by atoms with van der Waals surface area (Å²) >= 11 is 4.87. The summed E-state index contributed by atoms with van der Waals surface area (Å²) < 4.78 is 79.4. The Balaban J connectivity index is 2.84. The fourth-order valence-electron chi connectivity index (χ4n) is 2.27. The number of sulfonamides is 1. The molecule has 0 aliphatic rings. The summed E-state index contributed by atoms with van der Waals surface area (Å²) in [4.78, 5) is 12.2. The molecule has 1 heterocycles. The van der Waals surface area contributed by atoms with Crippen molar-refractivity contribution in [3.63, 3.8) is 0 Å². The van der Waals surface area contributed by atoms with E-state index in [-0.39, 0.29) is 23.1 Å². The first-order valence-electron chi connectivity index (χ1n) is 7.47. The van der Waals surface area contributed by atoms with E-state index < -0.39 is 43.7 Å². The van der Waals surface area contributed by atoms with E-state index >= 15 is 0 Å². The van der Waals surface area contributed by atoms with Crippen molar-refractivity contribution >= 4 is 27.9 Å². The molecule has 0 saturated carbocycles. The summed E-state index contributed by atoms with van der Waals surface area (Å²) in [6.45, 7) is 1.32. The topological polar surface area (TPSA) is 96.9 Å². The summed E-state index contributed by atoms with van der Waals surface area (Å²) in [5.74, 6) is -1.50. The summed E-state index contributed by atoms with van der Waals surface area (Å²) in [6, 6.07) is 3.32. The lowest BCUT2D eigenvalue weighted by molar-refractivity contribution is -0.143. The van der Waals surface area contributed by atoms with Gasteiger partial charge < -0.3 is 4.57 Å². The number of benzene rings is 1. The largest absolute Gasteiger partial charge is 0.431 e. The average Bonchev–Trinajstić information content (AvgIpc) is 2.59. The number of hydrogen-bond donors (Lipinski definition) is 1. The van der Waals surface area contributed by atoms with Gasteiger partial charge in [-0.3, -0.25) is 14.1 Å². The second-order valence-electron chi connectivity index (χ2n) is 5.51. The second kappa shape index (κ2) is 7.36. The maximum Gasteiger partial charge on any atom is 0.431 e. The molecule has 0 fully saturated rings. The van der Waals surface area contributed by atoms with Crippen LogP contribution in [0.1, 0.15) is 18.2 Å². The van der Waals surface area contributed by atoms with E-state index in [1.54, 1.807) is 6.07 Å². The number of halogens is 4. The average molecular weight is 436 g/mol. The molecular weight excluding hydrogens is 424 g/mol. The van der Waals surface area contributed by atoms with Gasteiger partial charge in [0, 0.05) is 13.1 Å². The highest BCUT2D eigenvalue weighted by Crippen LogP contribution is 2.29. The van der Waals surface area contributed by atoms with Crippen LogP contribution in [0.3, 0.4) is 0 Å². The summed E-state index contributed by atoms with van der Waals surface area (Å²) in [7, 11) is -2.91. The third-order valence-electron chi connectivity index (χ3n) is 3.70. The molecule has 0 amide bonds.